The van der Waals surface area contributed by atoms with E-state index in [9.17, 15) is 4.79 Å². The Morgan fingerprint density at radius 2 is 2.28 bits per heavy atom. The first kappa shape index (κ1) is 16.1. The molecule has 0 fully saturated rings. The molecule has 5 heteroatoms. The van der Waals surface area contributed by atoms with Crippen molar-refractivity contribution >= 4 is 16.3 Å². The molecule has 0 amide bonds. The molecular weight excluding hydrogens is 330 g/mol. The van der Waals surface area contributed by atoms with Crippen molar-refractivity contribution in [3.8, 4) is 12.3 Å². The molecule has 0 bridgehead atoms. The summed E-state index contributed by atoms with van der Waals surface area (Å²) < 4.78 is 1.66. The average Bonchev–Trinajstić information content (AvgIpc) is 3.19. The number of nitrogens with zero attached hydrogens (tertiary/aromatic N) is 3. The molecular formula is C20H19N3OS. The summed E-state index contributed by atoms with van der Waals surface area (Å²) in [5.74, 6) is 2.77. The predicted octanol–water partition coefficient (Wildman–Crippen LogP) is 3.19. The molecule has 0 unspecified atom stereocenters. The van der Waals surface area contributed by atoms with E-state index in [4.69, 9.17) is 6.42 Å². The van der Waals surface area contributed by atoms with E-state index in [2.05, 4.69) is 40.1 Å². The van der Waals surface area contributed by atoms with Gasteiger partial charge in [0, 0.05) is 29.7 Å². The van der Waals surface area contributed by atoms with Gasteiger partial charge in [-0.1, -0.05) is 30.2 Å². The van der Waals surface area contributed by atoms with Crippen molar-refractivity contribution in [1.29, 1.82) is 0 Å². The molecule has 0 spiro atoms. The van der Waals surface area contributed by atoms with Crippen LogP contribution >= 0.6 is 11.3 Å². The minimum atomic E-state index is -0.0220. The van der Waals surface area contributed by atoms with Crippen molar-refractivity contribution < 1.29 is 0 Å². The molecule has 0 aliphatic heterocycles. The van der Waals surface area contributed by atoms with E-state index in [1.807, 2.05) is 12.3 Å². The summed E-state index contributed by atoms with van der Waals surface area (Å²) >= 11 is 1.50. The number of terminal acetylenes is 1. The highest BCUT2D eigenvalue weighted by Crippen LogP contribution is 2.36. The van der Waals surface area contributed by atoms with E-state index < -0.39 is 0 Å². The van der Waals surface area contributed by atoms with Crippen LogP contribution in [0.15, 0.2) is 40.5 Å². The molecule has 0 radical (unpaired) electrons. The van der Waals surface area contributed by atoms with Gasteiger partial charge in [0.2, 0.25) is 0 Å². The van der Waals surface area contributed by atoms with Crippen molar-refractivity contribution in [3.63, 3.8) is 0 Å². The zero-order valence-electron chi connectivity index (χ0n) is 14.1. The van der Waals surface area contributed by atoms with Gasteiger partial charge in [-0.2, -0.15) is 0 Å². The van der Waals surface area contributed by atoms with Gasteiger partial charge in [-0.25, -0.2) is 4.98 Å². The maximum atomic E-state index is 12.4. The maximum Gasteiger partial charge on any atom is 0.259 e. The van der Waals surface area contributed by atoms with Crippen molar-refractivity contribution in [3.05, 3.63) is 68.6 Å². The molecule has 4 nitrogen and oxygen atoms in total. The third kappa shape index (κ3) is 2.88. The number of thiazole rings is 1. The Hall–Kier alpha value is -2.42. The lowest BCUT2D eigenvalue weighted by atomic mass is 10.1. The first-order chi connectivity index (χ1) is 12.2. The van der Waals surface area contributed by atoms with Crippen LogP contribution in [0.4, 0.5) is 0 Å². The Morgan fingerprint density at radius 3 is 3.12 bits per heavy atom. The van der Waals surface area contributed by atoms with E-state index in [0.29, 0.717) is 13.1 Å². The molecule has 0 saturated heterocycles. The van der Waals surface area contributed by atoms with E-state index in [1.54, 1.807) is 10.5 Å². The summed E-state index contributed by atoms with van der Waals surface area (Å²) in [4.78, 5) is 20.1. The van der Waals surface area contributed by atoms with Gasteiger partial charge in [0.1, 0.15) is 0 Å². The van der Waals surface area contributed by atoms with Crippen LogP contribution in [0.3, 0.4) is 0 Å². The molecule has 1 aliphatic carbocycles. The second kappa shape index (κ2) is 6.47. The standard InChI is InChI=1S/C20H19N3OS/c1-3-10-22(18-9-8-15-6-4-5-7-17(15)18)12-16-11-19(24)23-14(2)13-25-20(23)21-16/h1,4-7,11,13,18H,8-10,12H2,2H3/t18-/m1/s1. The van der Waals surface area contributed by atoms with Crippen molar-refractivity contribution in [2.24, 2.45) is 0 Å². The molecule has 0 saturated carbocycles. The third-order valence-electron chi connectivity index (χ3n) is 4.83. The first-order valence-corrected chi connectivity index (χ1v) is 9.27. The van der Waals surface area contributed by atoms with E-state index >= 15 is 0 Å². The Balaban J connectivity index is 1.67. The Morgan fingerprint density at radius 1 is 1.44 bits per heavy atom. The molecule has 1 aromatic carbocycles. The number of hydrogen-bond acceptors (Lipinski definition) is 4. The zero-order chi connectivity index (χ0) is 17.4. The molecule has 4 rings (SSSR count). The topological polar surface area (TPSA) is 37.6 Å². The highest BCUT2D eigenvalue weighted by Gasteiger charge is 2.27. The second-order valence-corrected chi connectivity index (χ2v) is 7.28. The largest absolute Gasteiger partial charge is 0.279 e. The molecule has 1 atom stereocenters. The highest BCUT2D eigenvalue weighted by atomic mass is 32.1. The Labute approximate surface area is 150 Å². The third-order valence-corrected chi connectivity index (χ3v) is 5.77. The van der Waals surface area contributed by atoms with E-state index in [1.165, 1.54) is 22.5 Å². The molecule has 0 N–H and O–H groups in total. The number of hydrogen-bond donors (Lipinski definition) is 0. The maximum absolute atomic E-state index is 12.4. The van der Waals surface area contributed by atoms with Gasteiger partial charge >= 0.3 is 0 Å². The minimum Gasteiger partial charge on any atom is -0.279 e. The quantitative estimate of drug-likeness (QED) is 0.679. The molecule has 126 valence electrons. The summed E-state index contributed by atoms with van der Waals surface area (Å²) in [6.07, 6.45) is 7.75. The number of rotatable bonds is 4. The molecule has 2 aromatic heterocycles. The van der Waals surface area contributed by atoms with Gasteiger partial charge in [-0.3, -0.25) is 14.1 Å². The molecule has 25 heavy (non-hydrogen) atoms. The molecule has 1 aliphatic rings. The lowest BCUT2D eigenvalue weighted by Crippen LogP contribution is -2.29. The SMILES string of the molecule is C#CCN(Cc1cc(=O)n2c(C)csc2n1)[C@@H]1CCc2ccccc21. The normalized spacial score (nSPS) is 16.3. The van der Waals surface area contributed by atoms with E-state index in [-0.39, 0.29) is 11.6 Å². The van der Waals surface area contributed by atoms with Crippen LogP contribution in [0.5, 0.6) is 0 Å². The van der Waals surface area contributed by atoms with Crippen LogP contribution < -0.4 is 5.56 Å². The van der Waals surface area contributed by atoms with Gasteiger partial charge in [-0.05, 0) is 30.9 Å². The van der Waals surface area contributed by atoms with Crippen molar-refractivity contribution in [2.45, 2.75) is 32.4 Å². The monoisotopic (exact) mass is 349 g/mol. The minimum absolute atomic E-state index is 0.0220. The second-order valence-electron chi connectivity index (χ2n) is 6.44. The van der Waals surface area contributed by atoms with Gasteiger partial charge in [0.05, 0.1) is 12.2 Å². The summed E-state index contributed by atoms with van der Waals surface area (Å²) in [5, 5.41) is 1.96. The smallest absolute Gasteiger partial charge is 0.259 e. The Kier molecular flexibility index (Phi) is 4.16. The Bertz CT molecular complexity index is 1030. The number of fused-ring (bicyclic) bond motifs is 2. The summed E-state index contributed by atoms with van der Waals surface area (Å²) in [6, 6.07) is 10.5. The van der Waals surface area contributed by atoms with Crippen molar-refractivity contribution in [2.75, 3.05) is 6.54 Å². The van der Waals surface area contributed by atoms with Crippen LogP contribution in [0.2, 0.25) is 0 Å². The van der Waals surface area contributed by atoms with Crippen LogP contribution in [0, 0.1) is 19.3 Å². The van der Waals surface area contributed by atoms with Crippen LogP contribution in [-0.2, 0) is 13.0 Å². The van der Waals surface area contributed by atoms with Gasteiger partial charge in [0.15, 0.2) is 4.96 Å². The molecule has 3 aromatic rings. The highest BCUT2D eigenvalue weighted by molar-refractivity contribution is 7.15. The van der Waals surface area contributed by atoms with Gasteiger partial charge in [-0.15, -0.1) is 17.8 Å². The molecule has 2 heterocycles. The lowest BCUT2D eigenvalue weighted by Gasteiger charge is -2.27. The predicted molar refractivity (Wildman–Crippen MR) is 101 cm³/mol. The van der Waals surface area contributed by atoms with Gasteiger partial charge < -0.3 is 0 Å². The number of benzene rings is 1. The van der Waals surface area contributed by atoms with Crippen molar-refractivity contribution in [1.82, 2.24) is 14.3 Å². The number of aromatic nitrogens is 2. The number of aryl methyl sites for hydroxylation is 2. The fourth-order valence-electron chi connectivity index (χ4n) is 3.70. The fraction of sp³-hybridized carbons (Fsp3) is 0.300. The average molecular weight is 349 g/mol. The lowest BCUT2D eigenvalue weighted by molar-refractivity contribution is 0.211. The van der Waals surface area contributed by atoms with Crippen LogP contribution in [0.1, 0.15) is 35.0 Å². The first-order valence-electron chi connectivity index (χ1n) is 8.39. The van der Waals surface area contributed by atoms with E-state index in [0.717, 1.165) is 29.2 Å². The van der Waals surface area contributed by atoms with Gasteiger partial charge in [0.25, 0.3) is 5.56 Å². The summed E-state index contributed by atoms with van der Waals surface area (Å²) in [6.45, 7) is 3.06. The van der Waals surface area contributed by atoms with Crippen LogP contribution in [0.25, 0.3) is 4.96 Å². The zero-order valence-corrected chi connectivity index (χ0v) is 14.9. The summed E-state index contributed by atoms with van der Waals surface area (Å²) in [5.41, 5.74) is 4.43. The summed E-state index contributed by atoms with van der Waals surface area (Å²) in [7, 11) is 0. The van der Waals surface area contributed by atoms with Crippen LogP contribution in [-0.4, -0.2) is 20.8 Å². The fourth-order valence-corrected chi connectivity index (χ4v) is 4.59.